The van der Waals surface area contributed by atoms with Crippen molar-refractivity contribution in [3.05, 3.63) is 54.1 Å². The Morgan fingerprint density at radius 1 is 1.13 bits per heavy atom. The van der Waals surface area contributed by atoms with E-state index in [0.29, 0.717) is 11.4 Å². The van der Waals surface area contributed by atoms with Crippen LogP contribution >= 0.6 is 0 Å². The maximum Gasteiger partial charge on any atom is 0.241 e. The maximum absolute atomic E-state index is 12.7. The highest BCUT2D eigenvalue weighted by Crippen LogP contribution is 2.29. The Hall–Kier alpha value is -2.74. The van der Waals surface area contributed by atoms with Crippen LogP contribution in [0.25, 0.3) is 0 Å². The quantitative estimate of drug-likeness (QED) is 0.695. The Morgan fingerprint density at radius 2 is 1.77 bits per heavy atom. The molecule has 0 aromatic heterocycles. The van der Waals surface area contributed by atoms with Gasteiger partial charge in [-0.3, -0.25) is 9.10 Å². The number of para-hydroxylation sites is 2. The van der Waals surface area contributed by atoms with Crippen molar-refractivity contribution >= 4 is 27.3 Å². The summed E-state index contributed by atoms with van der Waals surface area (Å²) >= 11 is 0. The molecule has 1 N–H and O–H groups in total. The van der Waals surface area contributed by atoms with Crippen LogP contribution in [0.15, 0.2) is 48.5 Å². The number of carbonyl (C=O) groups is 1. The topological polar surface area (TPSA) is 79.0 Å². The lowest BCUT2D eigenvalue weighted by atomic mass is 10.1. The summed E-state index contributed by atoms with van der Waals surface area (Å²) < 4.78 is 31.0. The fraction of sp³-hybridized carbons (Fsp3) is 0.409. The van der Waals surface area contributed by atoms with Crippen LogP contribution in [0.5, 0.6) is 5.75 Å². The molecule has 1 unspecified atom stereocenters. The lowest BCUT2D eigenvalue weighted by Gasteiger charge is -2.25. The van der Waals surface area contributed by atoms with E-state index in [1.807, 2.05) is 19.1 Å². The van der Waals surface area contributed by atoms with Gasteiger partial charge in [-0.05, 0) is 49.6 Å². The average Bonchev–Trinajstić information content (AvgIpc) is 3.26. The number of hydrogen-bond acceptors (Lipinski definition) is 5. The normalized spacial score (nSPS) is 15.0. The van der Waals surface area contributed by atoms with Gasteiger partial charge in [0.2, 0.25) is 15.9 Å². The molecule has 7 nitrogen and oxygen atoms in total. The molecule has 1 aliphatic heterocycles. The molecule has 2 aromatic carbocycles. The van der Waals surface area contributed by atoms with E-state index in [9.17, 15) is 13.2 Å². The van der Waals surface area contributed by atoms with E-state index < -0.39 is 10.0 Å². The van der Waals surface area contributed by atoms with Crippen LogP contribution in [-0.4, -0.2) is 47.3 Å². The smallest absolute Gasteiger partial charge is 0.241 e. The Labute approximate surface area is 178 Å². The van der Waals surface area contributed by atoms with E-state index in [1.54, 1.807) is 24.3 Å². The van der Waals surface area contributed by atoms with Crippen LogP contribution in [0.2, 0.25) is 0 Å². The largest absolute Gasteiger partial charge is 0.495 e. The third-order valence-corrected chi connectivity index (χ3v) is 6.41. The molecule has 1 amide bonds. The minimum Gasteiger partial charge on any atom is -0.495 e. The van der Waals surface area contributed by atoms with Gasteiger partial charge in [-0.1, -0.05) is 24.3 Å². The van der Waals surface area contributed by atoms with Crippen LogP contribution in [0.1, 0.15) is 31.4 Å². The van der Waals surface area contributed by atoms with E-state index in [1.165, 1.54) is 25.6 Å². The van der Waals surface area contributed by atoms with Gasteiger partial charge < -0.3 is 15.0 Å². The SMILES string of the molecule is COc1ccccc1N(CC(=O)NC(C)c1ccc(N2CCCC2)cc1)S(C)(=O)=O. The first-order valence-electron chi connectivity index (χ1n) is 10.0. The zero-order valence-corrected chi connectivity index (χ0v) is 18.5. The zero-order valence-electron chi connectivity index (χ0n) is 17.7. The highest BCUT2D eigenvalue weighted by Gasteiger charge is 2.24. The Morgan fingerprint density at radius 3 is 2.37 bits per heavy atom. The third-order valence-electron chi connectivity index (χ3n) is 5.28. The van der Waals surface area contributed by atoms with Crippen molar-refractivity contribution < 1.29 is 17.9 Å². The number of sulfonamides is 1. The van der Waals surface area contributed by atoms with E-state index >= 15 is 0 Å². The number of anilines is 2. The molecule has 2 aromatic rings. The van der Waals surface area contributed by atoms with E-state index in [4.69, 9.17) is 4.74 Å². The molecule has 162 valence electrons. The van der Waals surface area contributed by atoms with Gasteiger partial charge >= 0.3 is 0 Å². The number of ether oxygens (including phenoxy) is 1. The second-order valence-electron chi connectivity index (χ2n) is 7.52. The molecule has 0 aliphatic carbocycles. The average molecular weight is 432 g/mol. The van der Waals surface area contributed by atoms with Crippen molar-refractivity contribution in [1.82, 2.24) is 5.32 Å². The van der Waals surface area contributed by atoms with E-state index in [-0.39, 0.29) is 18.5 Å². The Kier molecular flexibility index (Phi) is 6.87. The first-order chi connectivity index (χ1) is 14.3. The molecule has 1 heterocycles. The standard InChI is InChI=1S/C22H29N3O4S/c1-17(18-10-12-19(13-11-18)24-14-6-7-15-24)23-22(26)16-25(30(3,27)28)20-8-4-5-9-21(20)29-2/h4-5,8-13,17H,6-7,14-16H2,1-3H3,(H,23,26). The minimum atomic E-state index is -3.67. The fourth-order valence-corrected chi connectivity index (χ4v) is 4.53. The van der Waals surface area contributed by atoms with Crippen molar-refractivity contribution in [3.63, 3.8) is 0 Å². The van der Waals surface area contributed by atoms with Crippen molar-refractivity contribution in [3.8, 4) is 5.75 Å². The third kappa shape index (κ3) is 5.24. The molecule has 0 saturated carbocycles. The van der Waals surface area contributed by atoms with Crippen LogP contribution in [0.3, 0.4) is 0 Å². The number of amides is 1. The highest BCUT2D eigenvalue weighted by molar-refractivity contribution is 7.92. The van der Waals surface area contributed by atoms with Gasteiger partial charge in [-0.25, -0.2) is 8.42 Å². The molecule has 30 heavy (non-hydrogen) atoms. The molecule has 8 heteroatoms. The molecule has 1 aliphatic rings. The Bertz CT molecular complexity index is 970. The number of methoxy groups -OCH3 is 1. The van der Waals surface area contributed by atoms with Crippen molar-refractivity contribution in [1.29, 1.82) is 0 Å². The molecular formula is C22H29N3O4S. The highest BCUT2D eigenvalue weighted by atomic mass is 32.2. The molecule has 1 atom stereocenters. The summed E-state index contributed by atoms with van der Waals surface area (Å²) in [6, 6.07) is 14.6. The van der Waals surface area contributed by atoms with Crippen molar-refractivity contribution in [2.45, 2.75) is 25.8 Å². The van der Waals surface area contributed by atoms with Crippen LogP contribution < -0.4 is 19.3 Å². The second-order valence-corrected chi connectivity index (χ2v) is 9.42. The number of benzene rings is 2. The zero-order chi connectivity index (χ0) is 21.7. The number of hydrogen-bond donors (Lipinski definition) is 1. The van der Waals surface area contributed by atoms with Gasteiger partial charge in [0.1, 0.15) is 12.3 Å². The summed E-state index contributed by atoms with van der Waals surface area (Å²) in [5, 5.41) is 2.90. The monoisotopic (exact) mass is 431 g/mol. The molecule has 1 fully saturated rings. The summed E-state index contributed by atoms with van der Waals surface area (Å²) in [5.74, 6) is 0.00345. The Balaban J connectivity index is 1.69. The minimum absolute atomic E-state index is 0.246. The number of rotatable bonds is 8. The number of nitrogens with one attached hydrogen (secondary N) is 1. The first-order valence-corrected chi connectivity index (χ1v) is 11.9. The van der Waals surface area contributed by atoms with Crippen LogP contribution in [0, 0.1) is 0 Å². The lowest BCUT2D eigenvalue weighted by molar-refractivity contribution is -0.120. The molecular weight excluding hydrogens is 402 g/mol. The van der Waals surface area contributed by atoms with Gasteiger partial charge in [0, 0.05) is 18.8 Å². The maximum atomic E-state index is 12.7. The summed E-state index contributed by atoms with van der Waals surface area (Å²) in [6.45, 7) is 3.72. The van der Waals surface area contributed by atoms with Crippen molar-refractivity contribution in [2.24, 2.45) is 0 Å². The van der Waals surface area contributed by atoms with Gasteiger partial charge in [0.15, 0.2) is 0 Å². The van der Waals surface area contributed by atoms with Gasteiger partial charge in [-0.15, -0.1) is 0 Å². The second kappa shape index (κ2) is 9.38. The molecule has 0 radical (unpaired) electrons. The van der Waals surface area contributed by atoms with Crippen molar-refractivity contribution in [2.75, 3.05) is 42.2 Å². The molecule has 0 bridgehead atoms. The van der Waals surface area contributed by atoms with E-state index in [0.717, 1.165) is 29.2 Å². The first kappa shape index (κ1) is 22.0. The fourth-order valence-electron chi connectivity index (χ4n) is 3.67. The van der Waals surface area contributed by atoms with Crippen LogP contribution in [0.4, 0.5) is 11.4 Å². The van der Waals surface area contributed by atoms with Gasteiger partial charge in [0.05, 0.1) is 25.1 Å². The predicted molar refractivity (Wildman–Crippen MR) is 120 cm³/mol. The number of carbonyl (C=O) groups excluding carboxylic acids is 1. The number of nitrogens with zero attached hydrogens (tertiary/aromatic N) is 2. The van der Waals surface area contributed by atoms with Gasteiger partial charge in [-0.2, -0.15) is 0 Å². The lowest BCUT2D eigenvalue weighted by Crippen LogP contribution is -2.41. The summed E-state index contributed by atoms with van der Waals surface area (Å²) in [4.78, 5) is 15.0. The van der Waals surface area contributed by atoms with E-state index in [2.05, 4.69) is 22.3 Å². The van der Waals surface area contributed by atoms with Crippen LogP contribution in [-0.2, 0) is 14.8 Å². The summed E-state index contributed by atoms with van der Waals surface area (Å²) in [5.41, 5.74) is 2.49. The molecule has 3 rings (SSSR count). The molecule has 0 spiro atoms. The van der Waals surface area contributed by atoms with Gasteiger partial charge in [0.25, 0.3) is 0 Å². The summed E-state index contributed by atoms with van der Waals surface area (Å²) in [7, 11) is -2.21. The predicted octanol–water partition coefficient (Wildman–Crippen LogP) is 2.94. The molecule has 1 saturated heterocycles. The summed E-state index contributed by atoms with van der Waals surface area (Å²) in [6.07, 6.45) is 3.52.